The second-order valence-electron chi connectivity index (χ2n) is 5.43. The van der Waals surface area contributed by atoms with Crippen molar-refractivity contribution in [3.8, 4) is 0 Å². The van der Waals surface area contributed by atoms with Gasteiger partial charge in [-0.1, -0.05) is 26.7 Å². The summed E-state index contributed by atoms with van der Waals surface area (Å²) in [4.78, 5) is 13.8. The molecule has 1 fully saturated rings. The second-order valence-corrected chi connectivity index (χ2v) is 5.43. The smallest absolute Gasteiger partial charge is 0.317 e. The summed E-state index contributed by atoms with van der Waals surface area (Å²) in [7, 11) is 0. The average Bonchev–Trinajstić information content (AvgIpc) is 2.61. The molecule has 4 heteroatoms. The van der Waals surface area contributed by atoms with E-state index in [1.165, 1.54) is 12.8 Å². The number of carbonyl (C=O) groups is 1. The molecule has 0 aliphatic carbocycles. The van der Waals surface area contributed by atoms with E-state index in [4.69, 9.17) is 4.74 Å². The fraction of sp³-hybridized carbons (Fsp3) is 0.929. The Hall–Kier alpha value is -0.770. The van der Waals surface area contributed by atoms with Crippen molar-refractivity contribution >= 4 is 6.03 Å². The normalized spacial score (nSPS) is 16.7. The van der Waals surface area contributed by atoms with E-state index in [1.54, 1.807) is 0 Å². The van der Waals surface area contributed by atoms with E-state index in [1.807, 2.05) is 4.90 Å². The molecule has 4 nitrogen and oxygen atoms in total. The molecule has 0 spiro atoms. The van der Waals surface area contributed by atoms with Crippen LogP contribution in [0.2, 0.25) is 0 Å². The molecule has 0 saturated carbocycles. The molecule has 1 aliphatic rings. The molecule has 0 bridgehead atoms. The lowest BCUT2D eigenvalue weighted by molar-refractivity contribution is 0.124. The highest BCUT2D eigenvalue weighted by atomic mass is 16.5. The third-order valence-electron chi connectivity index (χ3n) is 3.26. The van der Waals surface area contributed by atoms with Gasteiger partial charge in [0.1, 0.15) is 0 Å². The van der Waals surface area contributed by atoms with E-state index in [0.29, 0.717) is 19.1 Å². The standard InChI is InChI=1S/C14H28N2O2/c1-13(2)7-11-18-12-8-15-14(17)16-9-5-3-4-6-10-16/h13H,3-12H2,1-2H3,(H,15,17). The minimum atomic E-state index is 0.0735. The molecule has 1 aliphatic heterocycles. The van der Waals surface area contributed by atoms with Crippen LogP contribution in [0.1, 0.15) is 46.0 Å². The maximum Gasteiger partial charge on any atom is 0.317 e. The Bertz CT molecular complexity index is 224. The van der Waals surface area contributed by atoms with Gasteiger partial charge < -0.3 is 15.0 Å². The first-order valence-corrected chi connectivity index (χ1v) is 7.30. The largest absolute Gasteiger partial charge is 0.380 e. The maximum atomic E-state index is 11.9. The van der Waals surface area contributed by atoms with Crippen LogP contribution in [-0.2, 0) is 4.74 Å². The van der Waals surface area contributed by atoms with Gasteiger partial charge in [0, 0.05) is 26.2 Å². The van der Waals surface area contributed by atoms with Crippen molar-refractivity contribution in [2.45, 2.75) is 46.0 Å². The van der Waals surface area contributed by atoms with Crippen molar-refractivity contribution in [2.24, 2.45) is 5.92 Å². The third-order valence-corrected chi connectivity index (χ3v) is 3.26. The van der Waals surface area contributed by atoms with E-state index in [2.05, 4.69) is 19.2 Å². The van der Waals surface area contributed by atoms with Crippen molar-refractivity contribution in [3.05, 3.63) is 0 Å². The van der Waals surface area contributed by atoms with Gasteiger partial charge in [-0.15, -0.1) is 0 Å². The molecule has 0 aromatic carbocycles. The fourth-order valence-electron chi connectivity index (χ4n) is 2.04. The second kappa shape index (κ2) is 9.20. The summed E-state index contributed by atoms with van der Waals surface area (Å²) in [5.74, 6) is 0.677. The lowest BCUT2D eigenvalue weighted by atomic mass is 10.1. The minimum absolute atomic E-state index is 0.0735. The molecule has 1 saturated heterocycles. The van der Waals surface area contributed by atoms with Gasteiger partial charge in [0.15, 0.2) is 0 Å². The van der Waals surface area contributed by atoms with Crippen LogP contribution in [0.15, 0.2) is 0 Å². The molecular weight excluding hydrogens is 228 g/mol. The molecule has 0 aromatic rings. The number of hydrogen-bond donors (Lipinski definition) is 1. The number of likely N-dealkylation sites (tertiary alicyclic amines) is 1. The van der Waals surface area contributed by atoms with Crippen molar-refractivity contribution in [2.75, 3.05) is 32.8 Å². The van der Waals surface area contributed by atoms with E-state index >= 15 is 0 Å². The Balaban J connectivity index is 2.02. The predicted octanol–water partition coefficient (Wildman–Crippen LogP) is 2.63. The van der Waals surface area contributed by atoms with Gasteiger partial charge >= 0.3 is 6.03 Å². The van der Waals surface area contributed by atoms with Crippen LogP contribution in [0.4, 0.5) is 4.79 Å². The maximum absolute atomic E-state index is 11.9. The fourth-order valence-corrected chi connectivity index (χ4v) is 2.04. The topological polar surface area (TPSA) is 41.6 Å². The van der Waals surface area contributed by atoms with Crippen molar-refractivity contribution in [3.63, 3.8) is 0 Å². The van der Waals surface area contributed by atoms with Gasteiger partial charge in [0.2, 0.25) is 0 Å². The first-order chi connectivity index (χ1) is 8.70. The Morgan fingerprint density at radius 1 is 1.17 bits per heavy atom. The Morgan fingerprint density at radius 2 is 1.83 bits per heavy atom. The van der Waals surface area contributed by atoms with Gasteiger partial charge in [0.25, 0.3) is 0 Å². The molecule has 1 rings (SSSR count). The summed E-state index contributed by atoms with van der Waals surface area (Å²) in [5, 5.41) is 2.93. The molecule has 18 heavy (non-hydrogen) atoms. The van der Waals surface area contributed by atoms with E-state index in [0.717, 1.165) is 39.0 Å². The average molecular weight is 256 g/mol. The highest BCUT2D eigenvalue weighted by molar-refractivity contribution is 5.74. The number of ether oxygens (including phenoxy) is 1. The number of carbonyl (C=O) groups excluding carboxylic acids is 1. The molecule has 1 heterocycles. The van der Waals surface area contributed by atoms with Gasteiger partial charge in [0.05, 0.1) is 6.61 Å². The van der Waals surface area contributed by atoms with Crippen LogP contribution in [-0.4, -0.2) is 43.8 Å². The number of rotatable bonds is 6. The van der Waals surface area contributed by atoms with Gasteiger partial charge in [-0.3, -0.25) is 0 Å². The van der Waals surface area contributed by atoms with E-state index < -0.39 is 0 Å². The first kappa shape index (κ1) is 15.3. The van der Waals surface area contributed by atoms with E-state index in [-0.39, 0.29) is 6.03 Å². The Morgan fingerprint density at radius 3 is 2.44 bits per heavy atom. The van der Waals surface area contributed by atoms with Gasteiger partial charge in [-0.2, -0.15) is 0 Å². The lowest BCUT2D eigenvalue weighted by Gasteiger charge is -2.20. The summed E-state index contributed by atoms with van der Waals surface area (Å²) in [6, 6.07) is 0.0735. The monoisotopic (exact) mass is 256 g/mol. The quantitative estimate of drug-likeness (QED) is 0.742. The molecule has 0 radical (unpaired) electrons. The Kier molecular flexibility index (Phi) is 7.81. The minimum Gasteiger partial charge on any atom is -0.380 e. The van der Waals surface area contributed by atoms with Crippen LogP contribution in [0.25, 0.3) is 0 Å². The van der Waals surface area contributed by atoms with Crippen LogP contribution in [0.5, 0.6) is 0 Å². The number of nitrogens with zero attached hydrogens (tertiary/aromatic N) is 1. The number of amides is 2. The number of nitrogens with one attached hydrogen (secondary N) is 1. The third kappa shape index (κ3) is 6.84. The molecule has 0 atom stereocenters. The summed E-state index contributed by atoms with van der Waals surface area (Å²) in [6.45, 7) is 8.20. The van der Waals surface area contributed by atoms with Crippen molar-refractivity contribution in [1.29, 1.82) is 0 Å². The van der Waals surface area contributed by atoms with Crippen LogP contribution >= 0.6 is 0 Å². The highest BCUT2D eigenvalue weighted by Crippen LogP contribution is 2.09. The van der Waals surface area contributed by atoms with Crippen molar-refractivity contribution < 1.29 is 9.53 Å². The van der Waals surface area contributed by atoms with Crippen LogP contribution in [0, 0.1) is 5.92 Å². The summed E-state index contributed by atoms with van der Waals surface area (Å²) >= 11 is 0. The number of hydrogen-bond acceptors (Lipinski definition) is 2. The Labute approximate surface area is 111 Å². The zero-order chi connectivity index (χ0) is 13.2. The molecule has 0 unspecified atom stereocenters. The zero-order valence-corrected chi connectivity index (χ0v) is 11.9. The van der Waals surface area contributed by atoms with Crippen LogP contribution in [0.3, 0.4) is 0 Å². The molecule has 106 valence electrons. The predicted molar refractivity (Wildman–Crippen MR) is 73.7 cm³/mol. The van der Waals surface area contributed by atoms with Crippen LogP contribution < -0.4 is 5.32 Å². The van der Waals surface area contributed by atoms with Gasteiger partial charge in [-0.25, -0.2) is 4.79 Å². The SMILES string of the molecule is CC(C)CCOCCNC(=O)N1CCCCCC1. The lowest BCUT2D eigenvalue weighted by Crippen LogP contribution is -2.41. The molecule has 2 amide bonds. The summed E-state index contributed by atoms with van der Waals surface area (Å²) in [6.07, 6.45) is 5.86. The molecule has 1 N–H and O–H groups in total. The highest BCUT2D eigenvalue weighted by Gasteiger charge is 2.14. The van der Waals surface area contributed by atoms with Crippen molar-refractivity contribution in [1.82, 2.24) is 10.2 Å². The first-order valence-electron chi connectivity index (χ1n) is 7.30. The number of urea groups is 1. The molecular formula is C14H28N2O2. The zero-order valence-electron chi connectivity index (χ0n) is 11.9. The van der Waals surface area contributed by atoms with E-state index in [9.17, 15) is 4.79 Å². The summed E-state index contributed by atoms with van der Waals surface area (Å²) < 4.78 is 5.47. The van der Waals surface area contributed by atoms with Gasteiger partial charge in [-0.05, 0) is 25.2 Å². The summed E-state index contributed by atoms with van der Waals surface area (Å²) in [5.41, 5.74) is 0. The molecule has 0 aromatic heterocycles.